The van der Waals surface area contributed by atoms with Crippen molar-refractivity contribution in [1.29, 1.82) is 0 Å². The first-order valence-corrected chi connectivity index (χ1v) is 11.5. The summed E-state index contributed by atoms with van der Waals surface area (Å²) in [7, 11) is 0. The molecule has 2 unspecified atom stereocenters. The maximum Gasteiger partial charge on any atom is 0.264 e. The van der Waals surface area contributed by atoms with Crippen LogP contribution in [0, 0.1) is 6.92 Å². The molecule has 31 heavy (non-hydrogen) atoms. The van der Waals surface area contributed by atoms with Gasteiger partial charge in [-0.15, -0.1) is 0 Å². The van der Waals surface area contributed by atoms with Crippen LogP contribution in [0.1, 0.15) is 41.5 Å². The van der Waals surface area contributed by atoms with Crippen LogP contribution in [0.4, 0.5) is 0 Å². The summed E-state index contributed by atoms with van der Waals surface area (Å²) in [4.78, 5) is 17.4. The number of aryl methyl sites for hydroxylation is 1. The van der Waals surface area contributed by atoms with Crippen LogP contribution in [0.5, 0.6) is 0 Å². The fraction of sp³-hybridized carbons (Fsp3) is 0.333. The number of halogens is 2. The van der Waals surface area contributed by atoms with E-state index in [1.807, 2.05) is 17.6 Å². The minimum absolute atomic E-state index is 0.0966. The fourth-order valence-corrected chi connectivity index (χ4v) is 4.22. The zero-order valence-electron chi connectivity index (χ0n) is 17.0. The van der Waals surface area contributed by atoms with Crippen LogP contribution < -0.4 is 0 Å². The molecule has 0 radical (unpaired) electrons. The Morgan fingerprint density at radius 2 is 2.03 bits per heavy atom. The van der Waals surface area contributed by atoms with E-state index in [0.29, 0.717) is 34.0 Å². The van der Waals surface area contributed by atoms with Crippen LogP contribution in [-0.2, 0) is 17.8 Å². The number of nitrogens with zero attached hydrogens (tertiary/aromatic N) is 3. The zero-order valence-corrected chi connectivity index (χ0v) is 19.4. The molecule has 7 nitrogen and oxygen atoms in total. The number of benzene rings is 2. The molecule has 0 aliphatic rings. The highest BCUT2D eigenvalue weighted by Crippen LogP contribution is 2.25. The van der Waals surface area contributed by atoms with Crippen molar-refractivity contribution in [3.63, 3.8) is 0 Å². The second-order valence-corrected chi connectivity index (χ2v) is 8.88. The number of aromatic nitrogens is 2. The van der Waals surface area contributed by atoms with Gasteiger partial charge in [0.05, 0.1) is 23.7 Å². The molecule has 3 aromatic rings. The molecule has 3 rings (SSSR count). The second kappa shape index (κ2) is 10.1. The molecule has 1 amide bonds. The molecule has 0 saturated heterocycles. The summed E-state index contributed by atoms with van der Waals surface area (Å²) in [5.74, 6) is 0.0643. The van der Waals surface area contributed by atoms with E-state index >= 15 is 0 Å². The Balaban J connectivity index is 1.94. The number of fused-ring (bicyclic) bond motifs is 1. The van der Waals surface area contributed by atoms with E-state index < -0.39 is 23.3 Å². The lowest BCUT2D eigenvalue weighted by molar-refractivity contribution is 0.0833. The molecular formula is C21H22Cl2N3O4S-. The molecule has 166 valence electrons. The highest BCUT2D eigenvalue weighted by Gasteiger charge is 2.20. The average Bonchev–Trinajstić information content (AvgIpc) is 3.03. The predicted molar refractivity (Wildman–Crippen MR) is 121 cm³/mol. The number of carbonyl (C=O) groups is 1. The molecule has 2 aromatic carbocycles. The molecule has 1 N–H and O–H groups in total. The standard InChI is InChI=1S/C21H23Cl2N3O4S/c1-3-17(27)8-9-26(31(29)30)21(28)14-5-7-19-20(10-14)25(13(2)24-19)12-15-4-6-16(22)11-18(15)23/h4-7,10-11,17,27H,3,8-9,12H2,1-2H3,(H,29,30)/p-1. The summed E-state index contributed by atoms with van der Waals surface area (Å²) >= 11 is 9.54. The van der Waals surface area contributed by atoms with E-state index in [2.05, 4.69) is 4.98 Å². The SMILES string of the molecule is CCC(O)CCN(C(=O)c1ccc2nc(C)n(Cc3ccc(Cl)cc3Cl)c2c1)S(=O)[O-]. The second-order valence-electron chi connectivity index (χ2n) is 7.16. The van der Waals surface area contributed by atoms with Crippen LogP contribution in [0.25, 0.3) is 11.0 Å². The molecule has 1 heterocycles. The Labute approximate surface area is 193 Å². The Morgan fingerprint density at radius 1 is 1.29 bits per heavy atom. The van der Waals surface area contributed by atoms with E-state index in [1.54, 1.807) is 37.3 Å². The average molecular weight is 483 g/mol. The molecule has 0 saturated carbocycles. The van der Waals surface area contributed by atoms with Crippen LogP contribution in [0.3, 0.4) is 0 Å². The molecule has 0 fully saturated rings. The zero-order chi connectivity index (χ0) is 22.7. The molecule has 1 aromatic heterocycles. The first-order valence-electron chi connectivity index (χ1n) is 9.71. The first-order chi connectivity index (χ1) is 14.7. The smallest absolute Gasteiger partial charge is 0.264 e. The third kappa shape index (κ3) is 5.45. The van der Waals surface area contributed by atoms with Gasteiger partial charge in [0, 0.05) is 33.4 Å². The summed E-state index contributed by atoms with van der Waals surface area (Å²) in [6.07, 6.45) is -0.0231. The van der Waals surface area contributed by atoms with Gasteiger partial charge in [0.1, 0.15) is 5.82 Å². The topological polar surface area (TPSA) is 98.5 Å². The van der Waals surface area contributed by atoms with Gasteiger partial charge in [-0.05, 0) is 55.7 Å². The third-order valence-electron chi connectivity index (χ3n) is 5.07. The van der Waals surface area contributed by atoms with Crippen molar-refractivity contribution < 1.29 is 18.7 Å². The number of rotatable bonds is 8. The minimum Gasteiger partial charge on any atom is -0.755 e. The molecule has 2 atom stereocenters. The predicted octanol–water partition coefficient (Wildman–Crippen LogP) is 4.10. The normalized spacial score (nSPS) is 13.4. The Bertz CT molecular complexity index is 1140. The van der Waals surface area contributed by atoms with Crippen molar-refractivity contribution in [2.24, 2.45) is 0 Å². The van der Waals surface area contributed by atoms with Crippen molar-refractivity contribution in [3.05, 3.63) is 63.4 Å². The Hall–Kier alpha value is -1.97. The van der Waals surface area contributed by atoms with Gasteiger partial charge < -0.3 is 14.2 Å². The minimum atomic E-state index is -2.75. The number of aliphatic hydroxyl groups is 1. The molecule has 0 bridgehead atoms. The third-order valence-corrected chi connectivity index (χ3v) is 6.37. The number of hydrogen-bond acceptors (Lipinski definition) is 5. The van der Waals surface area contributed by atoms with Crippen molar-refractivity contribution in [1.82, 2.24) is 13.9 Å². The lowest BCUT2D eigenvalue weighted by atomic mass is 10.1. The van der Waals surface area contributed by atoms with Crippen LogP contribution in [-0.4, -0.2) is 46.3 Å². The van der Waals surface area contributed by atoms with E-state index in [9.17, 15) is 18.7 Å². The molecule has 0 aliphatic carbocycles. The van der Waals surface area contributed by atoms with E-state index in [-0.39, 0.29) is 18.5 Å². The molecular weight excluding hydrogens is 461 g/mol. The van der Waals surface area contributed by atoms with E-state index in [1.165, 1.54) is 0 Å². The number of amides is 1. The molecule has 0 spiro atoms. The highest BCUT2D eigenvalue weighted by molar-refractivity contribution is 7.77. The lowest BCUT2D eigenvalue weighted by Crippen LogP contribution is -2.35. The van der Waals surface area contributed by atoms with Gasteiger partial charge in [0.15, 0.2) is 0 Å². The van der Waals surface area contributed by atoms with Crippen LogP contribution in [0.15, 0.2) is 36.4 Å². The molecule has 10 heteroatoms. The van der Waals surface area contributed by atoms with Gasteiger partial charge >= 0.3 is 0 Å². The van der Waals surface area contributed by atoms with Crippen molar-refractivity contribution in [2.45, 2.75) is 39.3 Å². The summed E-state index contributed by atoms with van der Waals surface area (Å²) in [6.45, 7) is 3.95. The highest BCUT2D eigenvalue weighted by atomic mass is 35.5. The monoisotopic (exact) mass is 482 g/mol. The van der Waals surface area contributed by atoms with E-state index in [0.717, 1.165) is 15.7 Å². The van der Waals surface area contributed by atoms with Gasteiger partial charge in [-0.3, -0.25) is 13.3 Å². The van der Waals surface area contributed by atoms with Crippen molar-refractivity contribution >= 4 is 51.4 Å². The van der Waals surface area contributed by atoms with Crippen LogP contribution in [0.2, 0.25) is 10.0 Å². The Kier molecular flexibility index (Phi) is 7.72. The number of imidazole rings is 1. The summed E-state index contributed by atoms with van der Waals surface area (Å²) in [5.41, 5.74) is 2.40. The summed E-state index contributed by atoms with van der Waals surface area (Å²) in [6, 6.07) is 10.1. The van der Waals surface area contributed by atoms with Gasteiger partial charge in [0.2, 0.25) is 0 Å². The number of aliphatic hydroxyl groups excluding tert-OH is 1. The molecule has 0 aliphatic heterocycles. The van der Waals surface area contributed by atoms with Crippen molar-refractivity contribution in [2.75, 3.05) is 6.54 Å². The quantitative estimate of drug-likeness (QED) is 0.487. The summed E-state index contributed by atoms with van der Waals surface area (Å²) in [5, 5.41) is 10.8. The van der Waals surface area contributed by atoms with Gasteiger partial charge in [0.25, 0.3) is 5.91 Å². The van der Waals surface area contributed by atoms with Gasteiger partial charge in [-0.1, -0.05) is 36.2 Å². The lowest BCUT2D eigenvalue weighted by Gasteiger charge is -2.25. The van der Waals surface area contributed by atoms with Crippen molar-refractivity contribution in [3.8, 4) is 0 Å². The van der Waals surface area contributed by atoms with Gasteiger partial charge in [-0.25, -0.2) is 4.98 Å². The number of carbonyl (C=O) groups excluding carboxylic acids is 1. The fourth-order valence-electron chi connectivity index (χ4n) is 3.25. The summed E-state index contributed by atoms with van der Waals surface area (Å²) < 4.78 is 25.9. The first kappa shape index (κ1) is 23.7. The van der Waals surface area contributed by atoms with E-state index in [4.69, 9.17) is 23.2 Å². The van der Waals surface area contributed by atoms with Crippen LogP contribution >= 0.6 is 23.2 Å². The number of hydrogen-bond donors (Lipinski definition) is 1. The maximum absolute atomic E-state index is 12.9. The largest absolute Gasteiger partial charge is 0.755 e. The van der Waals surface area contributed by atoms with Gasteiger partial charge in [-0.2, -0.15) is 0 Å². The maximum atomic E-state index is 12.9. The Morgan fingerprint density at radius 3 is 2.68 bits per heavy atom.